The first-order chi connectivity index (χ1) is 12.4. The van der Waals surface area contributed by atoms with Crippen LogP contribution in [0.5, 0.6) is 0 Å². The quantitative estimate of drug-likeness (QED) is 0.739. The van der Waals surface area contributed by atoms with E-state index in [1.165, 1.54) is 0 Å². The third kappa shape index (κ3) is 3.25. The van der Waals surface area contributed by atoms with Crippen LogP contribution >= 0.6 is 0 Å². The zero-order chi connectivity index (χ0) is 18.7. The molecular formula is C22H21N3O. The largest absolute Gasteiger partial charge is 0.368 e. The van der Waals surface area contributed by atoms with E-state index in [9.17, 15) is 10.1 Å². The van der Waals surface area contributed by atoms with Gasteiger partial charge in [-0.3, -0.25) is 4.79 Å². The monoisotopic (exact) mass is 343 g/mol. The first-order valence-corrected chi connectivity index (χ1v) is 8.43. The Hall–Kier alpha value is -3.32. The highest BCUT2D eigenvalue weighted by atomic mass is 16.1. The average molecular weight is 343 g/mol. The van der Waals surface area contributed by atoms with E-state index in [2.05, 4.69) is 12.6 Å². The summed E-state index contributed by atoms with van der Waals surface area (Å²) in [5.74, 6) is -0.620. The predicted octanol–water partition coefficient (Wildman–Crippen LogP) is 3.82. The minimum Gasteiger partial charge on any atom is -0.368 e. The van der Waals surface area contributed by atoms with Crippen molar-refractivity contribution in [1.82, 2.24) is 4.57 Å². The SMILES string of the molecule is C=C(CC(C#N)(Cc1ccccc1)C(N)=O)c1ccc2c(ccn2C)c1. The Morgan fingerprint density at radius 2 is 1.96 bits per heavy atom. The van der Waals surface area contributed by atoms with E-state index in [1.54, 1.807) is 0 Å². The lowest BCUT2D eigenvalue weighted by Gasteiger charge is -2.24. The molecule has 0 bridgehead atoms. The van der Waals surface area contributed by atoms with E-state index >= 15 is 0 Å². The van der Waals surface area contributed by atoms with E-state index in [-0.39, 0.29) is 12.8 Å². The highest BCUT2D eigenvalue weighted by Crippen LogP contribution is 2.34. The molecule has 1 atom stereocenters. The first kappa shape index (κ1) is 17.5. The third-order valence-corrected chi connectivity index (χ3v) is 4.84. The van der Waals surface area contributed by atoms with Crippen molar-refractivity contribution in [2.75, 3.05) is 0 Å². The molecule has 0 spiro atoms. The van der Waals surface area contributed by atoms with Gasteiger partial charge in [0, 0.05) is 37.0 Å². The summed E-state index contributed by atoms with van der Waals surface area (Å²) in [7, 11) is 1.99. The van der Waals surface area contributed by atoms with Crippen LogP contribution in [0.3, 0.4) is 0 Å². The van der Waals surface area contributed by atoms with E-state index in [1.807, 2.05) is 72.4 Å². The number of primary amides is 1. The molecule has 1 unspecified atom stereocenters. The van der Waals surface area contributed by atoms with E-state index in [4.69, 9.17) is 5.73 Å². The number of nitrogens with zero attached hydrogens (tertiary/aromatic N) is 2. The zero-order valence-electron chi connectivity index (χ0n) is 14.8. The highest BCUT2D eigenvalue weighted by molar-refractivity contribution is 5.88. The lowest BCUT2D eigenvalue weighted by atomic mass is 9.76. The van der Waals surface area contributed by atoms with Crippen molar-refractivity contribution < 1.29 is 4.79 Å². The normalized spacial score (nSPS) is 13.1. The highest BCUT2D eigenvalue weighted by Gasteiger charge is 2.38. The lowest BCUT2D eigenvalue weighted by molar-refractivity contribution is -0.124. The molecule has 3 aromatic rings. The maximum absolute atomic E-state index is 12.2. The number of hydrogen-bond donors (Lipinski definition) is 1. The summed E-state index contributed by atoms with van der Waals surface area (Å²) in [6.45, 7) is 4.13. The number of nitriles is 1. The summed E-state index contributed by atoms with van der Waals surface area (Å²) in [4.78, 5) is 12.2. The molecule has 3 rings (SSSR count). The number of benzene rings is 2. The second-order valence-corrected chi connectivity index (χ2v) is 6.70. The Labute approximate surface area is 153 Å². The number of allylic oxidation sites excluding steroid dienone is 1. The molecule has 0 fully saturated rings. The van der Waals surface area contributed by atoms with Crippen LogP contribution in [0.1, 0.15) is 17.5 Å². The molecule has 0 saturated carbocycles. The van der Waals surface area contributed by atoms with Gasteiger partial charge in [-0.05, 0) is 34.9 Å². The van der Waals surface area contributed by atoms with Gasteiger partial charge in [0.15, 0.2) is 0 Å². The van der Waals surface area contributed by atoms with Gasteiger partial charge in [-0.2, -0.15) is 5.26 Å². The van der Waals surface area contributed by atoms with Crippen LogP contribution < -0.4 is 5.73 Å². The number of carbonyl (C=O) groups excluding carboxylic acids is 1. The van der Waals surface area contributed by atoms with Crippen molar-refractivity contribution in [2.24, 2.45) is 18.2 Å². The Balaban J connectivity index is 1.91. The molecule has 0 aliphatic rings. The van der Waals surface area contributed by atoms with Crippen molar-refractivity contribution in [2.45, 2.75) is 12.8 Å². The van der Waals surface area contributed by atoms with Crippen LogP contribution in [0.2, 0.25) is 0 Å². The molecule has 2 N–H and O–H groups in total. The van der Waals surface area contributed by atoms with Gasteiger partial charge in [-0.25, -0.2) is 0 Å². The van der Waals surface area contributed by atoms with Gasteiger partial charge >= 0.3 is 0 Å². The summed E-state index contributed by atoms with van der Waals surface area (Å²) in [6.07, 6.45) is 2.47. The summed E-state index contributed by atoms with van der Waals surface area (Å²) < 4.78 is 2.04. The van der Waals surface area contributed by atoms with Gasteiger partial charge in [0.2, 0.25) is 5.91 Å². The maximum Gasteiger partial charge on any atom is 0.238 e. The van der Waals surface area contributed by atoms with Crippen molar-refractivity contribution in [3.63, 3.8) is 0 Å². The number of amides is 1. The molecule has 4 nitrogen and oxygen atoms in total. The molecule has 1 amide bonds. The fourth-order valence-corrected chi connectivity index (χ4v) is 3.28. The first-order valence-electron chi connectivity index (χ1n) is 8.43. The summed E-state index contributed by atoms with van der Waals surface area (Å²) >= 11 is 0. The average Bonchev–Trinajstić information content (AvgIpc) is 3.02. The van der Waals surface area contributed by atoms with Crippen LogP contribution in [0.15, 0.2) is 67.4 Å². The van der Waals surface area contributed by atoms with Gasteiger partial charge in [0.25, 0.3) is 0 Å². The second-order valence-electron chi connectivity index (χ2n) is 6.70. The van der Waals surface area contributed by atoms with Crippen LogP contribution in [0.4, 0.5) is 0 Å². The molecule has 2 aromatic carbocycles. The van der Waals surface area contributed by atoms with Gasteiger partial charge < -0.3 is 10.3 Å². The van der Waals surface area contributed by atoms with Crippen molar-refractivity contribution in [3.05, 3.63) is 78.5 Å². The minimum atomic E-state index is -1.32. The fraction of sp³-hybridized carbons (Fsp3) is 0.182. The van der Waals surface area contributed by atoms with Crippen LogP contribution in [0.25, 0.3) is 16.5 Å². The van der Waals surface area contributed by atoms with E-state index in [0.29, 0.717) is 0 Å². The molecule has 1 heterocycles. The van der Waals surface area contributed by atoms with Crippen molar-refractivity contribution >= 4 is 22.4 Å². The van der Waals surface area contributed by atoms with Crippen LogP contribution in [-0.4, -0.2) is 10.5 Å². The van der Waals surface area contributed by atoms with Crippen LogP contribution in [-0.2, 0) is 18.3 Å². The molecule has 0 aliphatic heterocycles. The van der Waals surface area contributed by atoms with Gasteiger partial charge in [-0.15, -0.1) is 0 Å². The van der Waals surface area contributed by atoms with E-state index < -0.39 is 11.3 Å². The molecule has 0 saturated heterocycles. The third-order valence-electron chi connectivity index (χ3n) is 4.84. The standard InChI is InChI=1S/C22H21N3O/c1-16(18-8-9-20-19(12-18)10-11-25(20)2)13-22(15-23,21(24)26)14-17-6-4-3-5-7-17/h3-12H,1,13-14H2,2H3,(H2,24,26). The predicted molar refractivity (Wildman–Crippen MR) is 104 cm³/mol. The molecule has 0 radical (unpaired) electrons. The van der Waals surface area contributed by atoms with Gasteiger partial charge in [-0.1, -0.05) is 43.0 Å². The number of aromatic nitrogens is 1. The number of nitrogens with two attached hydrogens (primary N) is 1. The minimum absolute atomic E-state index is 0.200. The number of hydrogen-bond acceptors (Lipinski definition) is 2. The number of aryl methyl sites for hydroxylation is 1. The van der Waals surface area contributed by atoms with Crippen molar-refractivity contribution in [1.29, 1.82) is 5.26 Å². The topological polar surface area (TPSA) is 71.8 Å². The Morgan fingerprint density at radius 1 is 1.23 bits per heavy atom. The summed E-state index contributed by atoms with van der Waals surface area (Å²) in [5, 5.41) is 10.9. The van der Waals surface area contributed by atoms with E-state index in [0.717, 1.165) is 27.6 Å². The number of carbonyl (C=O) groups is 1. The summed E-state index contributed by atoms with van der Waals surface area (Å²) in [5.41, 5.74) is 7.99. The Kier molecular flexibility index (Phi) is 4.64. The second kappa shape index (κ2) is 6.89. The number of fused-ring (bicyclic) bond motifs is 1. The molecular weight excluding hydrogens is 322 g/mol. The summed E-state index contributed by atoms with van der Waals surface area (Å²) in [6, 6.07) is 19.7. The smallest absolute Gasteiger partial charge is 0.238 e. The van der Waals surface area contributed by atoms with Crippen LogP contribution in [0, 0.1) is 16.7 Å². The molecule has 26 heavy (non-hydrogen) atoms. The lowest BCUT2D eigenvalue weighted by Crippen LogP contribution is -2.38. The molecule has 1 aromatic heterocycles. The van der Waals surface area contributed by atoms with Gasteiger partial charge in [0.1, 0.15) is 5.41 Å². The zero-order valence-corrected chi connectivity index (χ0v) is 14.8. The Morgan fingerprint density at radius 3 is 2.62 bits per heavy atom. The maximum atomic E-state index is 12.2. The fourth-order valence-electron chi connectivity index (χ4n) is 3.28. The molecule has 0 aliphatic carbocycles. The number of rotatable bonds is 6. The van der Waals surface area contributed by atoms with Gasteiger partial charge in [0.05, 0.1) is 6.07 Å². The molecule has 4 heteroatoms. The molecule has 130 valence electrons. The van der Waals surface area contributed by atoms with Crippen molar-refractivity contribution in [3.8, 4) is 6.07 Å². The Bertz CT molecular complexity index is 1010.